The van der Waals surface area contributed by atoms with E-state index < -0.39 is 11.0 Å². The summed E-state index contributed by atoms with van der Waals surface area (Å²) < 4.78 is 5.32. The lowest BCUT2D eigenvalue weighted by atomic mass is 10.1. The van der Waals surface area contributed by atoms with Gasteiger partial charge in [0.25, 0.3) is 5.69 Å². The summed E-state index contributed by atoms with van der Waals surface area (Å²) in [6.07, 6.45) is 1.19. The number of nitro groups is 1. The summed E-state index contributed by atoms with van der Waals surface area (Å²) in [4.78, 5) is 21.9. The zero-order valence-electron chi connectivity index (χ0n) is 11.0. The summed E-state index contributed by atoms with van der Waals surface area (Å²) in [5, 5.41) is 13.2. The molecule has 0 spiro atoms. The highest BCUT2D eigenvalue weighted by atomic mass is 79.9. The first-order valence-corrected chi connectivity index (χ1v) is 6.74. The Morgan fingerprint density at radius 1 is 1.60 bits per heavy atom. The first-order valence-electron chi connectivity index (χ1n) is 5.95. The molecule has 0 aliphatic rings. The van der Waals surface area contributed by atoms with Crippen molar-refractivity contribution in [3.63, 3.8) is 0 Å². The van der Waals surface area contributed by atoms with Gasteiger partial charge in [0, 0.05) is 30.3 Å². The van der Waals surface area contributed by atoms with Crippen molar-refractivity contribution in [2.45, 2.75) is 18.9 Å². The van der Waals surface area contributed by atoms with Gasteiger partial charge >= 0.3 is 0 Å². The van der Waals surface area contributed by atoms with Crippen LogP contribution in [0.2, 0.25) is 0 Å². The van der Waals surface area contributed by atoms with Crippen LogP contribution >= 0.6 is 15.9 Å². The number of nitrogens with zero attached hydrogens (tertiary/aromatic N) is 1. The Labute approximate surface area is 124 Å². The number of methoxy groups -OCH3 is 1. The number of nitrogens with one attached hydrogen (secondary N) is 1. The van der Waals surface area contributed by atoms with E-state index in [1.54, 1.807) is 7.11 Å². The minimum Gasteiger partial charge on any atom is -0.385 e. The Kier molecular flexibility index (Phi) is 6.56. The Bertz CT molecular complexity index is 496. The second kappa shape index (κ2) is 7.93. The van der Waals surface area contributed by atoms with Gasteiger partial charge in [-0.15, -0.1) is 0 Å². The van der Waals surface area contributed by atoms with Crippen LogP contribution in [0, 0.1) is 10.1 Å². The lowest BCUT2D eigenvalue weighted by Crippen LogP contribution is -2.35. The molecule has 20 heavy (non-hydrogen) atoms. The number of nitrogens with two attached hydrogens (primary N) is 1. The smallest absolute Gasteiger partial charge is 0.270 e. The zero-order valence-corrected chi connectivity index (χ0v) is 12.6. The zero-order chi connectivity index (χ0) is 15.1. The first-order chi connectivity index (χ1) is 9.45. The van der Waals surface area contributed by atoms with E-state index in [1.807, 2.05) is 0 Å². The van der Waals surface area contributed by atoms with E-state index in [2.05, 4.69) is 21.2 Å². The minimum absolute atomic E-state index is 0.0562. The van der Waals surface area contributed by atoms with Crippen molar-refractivity contribution in [1.82, 2.24) is 0 Å². The van der Waals surface area contributed by atoms with Crippen molar-refractivity contribution in [1.29, 1.82) is 0 Å². The van der Waals surface area contributed by atoms with Gasteiger partial charge in [0.1, 0.15) is 0 Å². The van der Waals surface area contributed by atoms with E-state index in [4.69, 9.17) is 10.5 Å². The molecule has 1 aromatic carbocycles. The van der Waals surface area contributed by atoms with Gasteiger partial charge in [0.15, 0.2) is 0 Å². The molecule has 1 unspecified atom stereocenters. The molecule has 7 nitrogen and oxygen atoms in total. The number of carbonyl (C=O) groups excluding carboxylic acids is 1. The van der Waals surface area contributed by atoms with Crippen LogP contribution in [0.5, 0.6) is 0 Å². The molecule has 0 aromatic heterocycles. The molecule has 1 atom stereocenters. The SMILES string of the molecule is COCCCC(N)C(=O)Nc1ccc([N+](=O)[O-])cc1Br. The summed E-state index contributed by atoms with van der Waals surface area (Å²) in [7, 11) is 1.58. The predicted octanol–water partition coefficient (Wildman–Crippen LogP) is 2.05. The third kappa shape index (κ3) is 4.87. The molecule has 3 N–H and O–H groups in total. The number of carbonyl (C=O) groups is 1. The molecule has 0 fully saturated rings. The Morgan fingerprint density at radius 2 is 2.30 bits per heavy atom. The number of non-ortho nitro benzene ring substituents is 1. The second-order valence-corrected chi connectivity index (χ2v) is 5.01. The number of benzene rings is 1. The summed E-state index contributed by atoms with van der Waals surface area (Å²) in [5.41, 5.74) is 6.13. The number of hydrogen-bond donors (Lipinski definition) is 2. The fourth-order valence-electron chi connectivity index (χ4n) is 1.52. The fourth-order valence-corrected chi connectivity index (χ4v) is 1.99. The average molecular weight is 346 g/mol. The number of amides is 1. The monoisotopic (exact) mass is 345 g/mol. The van der Waals surface area contributed by atoms with E-state index in [1.165, 1.54) is 18.2 Å². The Hall–Kier alpha value is -1.51. The lowest BCUT2D eigenvalue weighted by Gasteiger charge is -2.13. The lowest BCUT2D eigenvalue weighted by molar-refractivity contribution is -0.384. The first kappa shape index (κ1) is 16.5. The molecule has 110 valence electrons. The van der Waals surface area contributed by atoms with E-state index in [9.17, 15) is 14.9 Å². The number of ether oxygens (including phenoxy) is 1. The maximum atomic E-state index is 11.8. The molecule has 1 amide bonds. The van der Waals surface area contributed by atoms with Crippen LogP contribution < -0.4 is 11.1 Å². The van der Waals surface area contributed by atoms with Crippen LogP contribution in [0.3, 0.4) is 0 Å². The highest BCUT2D eigenvalue weighted by Crippen LogP contribution is 2.27. The highest BCUT2D eigenvalue weighted by molar-refractivity contribution is 9.10. The van der Waals surface area contributed by atoms with Gasteiger partial charge in [-0.1, -0.05) is 0 Å². The van der Waals surface area contributed by atoms with Gasteiger partial charge in [-0.3, -0.25) is 14.9 Å². The largest absolute Gasteiger partial charge is 0.385 e. The maximum Gasteiger partial charge on any atom is 0.270 e. The number of rotatable bonds is 7. The molecule has 0 saturated heterocycles. The van der Waals surface area contributed by atoms with Crippen LogP contribution in [-0.4, -0.2) is 30.6 Å². The van der Waals surface area contributed by atoms with Gasteiger partial charge in [-0.25, -0.2) is 0 Å². The molecule has 1 rings (SSSR count). The topological polar surface area (TPSA) is 107 Å². The Balaban J connectivity index is 2.64. The van der Waals surface area contributed by atoms with Crippen molar-refractivity contribution in [2.24, 2.45) is 5.73 Å². The standard InChI is InChI=1S/C12H16BrN3O4/c1-20-6-2-3-10(14)12(17)15-11-5-4-8(16(18)19)7-9(11)13/h4-5,7,10H,2-3,6,14H2,1H3,(H,15,17). The minimum atomic E-state index is -0.646. The van der Waals surface area contributed by atoms with E-state index >= 15 is 0 Å². The van der Waals surface area contributed by atoms with Gasteiger partial charge in [0.2, 0.25) is 5.91 Å². The number of halogens is 1. The van der Waals surface area contributed by atoms with Gasteiger partial charge in [0.05, 0.1) is 16.7 Å². The number of anilines is 1. The molecule has 8 heteroatoms. The van der Waals surface area contributed by atoms with Crippen LogP contribution in [0.15, 0.2) is 22.7 Å². The van der Waals surface area contributed by atoms with Crippen LogP contribution in [0.25, 0.3) is 0 Å². The predicted molar refractivity (Wildman–Crippen MR) is 78.5 cm³/mol. The third-order valence-electron chi connectivity index (χ3n) is 2.62. The quantitative estimate of drug-likeness (QED) is 0.446. The summed E-state index contributed by atoms with van der Waals surface area (Å²) >= 11 is 3.18. The van der Waals surface area contributed by atoms with Crippen molar-refractivity contribution >= 4 is 33.2 Å². The molecule has 0 radical (unpaired) electrons. The second-order valence-electron chi connectivity index (χ2n) is 4.15. The molecular weight excluding hydrogens is 330 g/mol. The molecule has 0 aliphatic heterocycles. The fraction of sp³-hybridized carbons (Fsp3) is 0.417. The van der Waals surface area contributed by atoms with Crippen LogP contribution in [0.1, 0.15) is 12.8 Å². The summed E-state index contributed by atoms with van der Waals surface area (Å²) in [5.74, 6) is -0.337. The molecule has 0 saturated carbocycles. The third-order valence-corrected chi connectivity index (χ3v) is 3.28. The van der Waals surface area contributed by atoms with E-state index in [-0.39, 0.29) is 11.6 Å². The normalized spacial score (nSPS) is 11.9. The van der Waals surface area contributed by atoms with Crippen molar-refractivity contribution < 1.29 is 14.5 Å². The molecule has 0 bridgehead atoms. The van der Waals surface area contributed by atoms with E-state index in [0.717, 1.165) is 0 Å². The van der Waals surface area contributed by atoms with Gasteiger partial charge in [-0.05, 0) is 34.8 Å². The van der Waals surface area contributed by atoms with Crippen LogP contribution in [0.4, 0.5) is 11.4 Å². The number of nitro benzene ring substituents is 1. The van der Waals surface area contributed by atoms with Crippen molar-refractivity contribution in [2.75, 3.05) is 19.0 Å². The van der Waals surface area contributed by atoms with Gasteiger partial charge < -0.3 is 15.8 Å². The Morgan fingerprint density at radius 3 is 2.85 bits per heavy atom. The molecule has 1 aromatic rings. The summed E-state index contributed by atoms with van der Waals surface area (Å²) in [6.45, 7) is 0.544. The molecule has 0 heterocycles. The number of hydrogen-bond acceptors (Lipinski definition) is 5. The maximum absolute atomic E-state index is 11.8. The van der Waals surface area contributed by atoms with Crippen molar-refractivity contribution in [3.8, 4) is 0 Å². The molecular formula is C12H16BrN3O4. The van der Waals surface area contributed by atoms with Crippen LogP contribution in [-0.2, 0) is 9.53 Å². The van der Waals surface area contributed by atoms with Crippen molar-refractivity contribution in [3.05, 3.63) is 32.8 Å². The van der Waals surface area contributed by atoms with Gasteiger partial charge in [-0.2, -0.15) is 0 Å². The average Bonchev–Trinajstić information content (AvgIpc) is 2.40. The van der Waals surface area contributed by atoms with E-state index in [0.29, 0.717) is 29.6 Å². The summed E-state index contributed by atoms with van der Waals surface area (Å²) in [6, 6.07) is 3.46. The molecule has 0 aliphatic carbocycles. The highest BCUT2D eigenvalue weighted by Gasteiger charge is 2.16.